The zero-order chi connectivity index (χ0) is 13.1. The summed E-state index contributed by atoms with van der Waals surface area (Å²) >= 11 is 0. The van der Waals surface area contributed by atoms with Gasteiger partial charge in [0.2, 0.25) is 0 Å². The van der Waals surface area contributed by atoms with E-state index in [2.05, 4.69) is 4.74 Å². The molecule has 1 aromatic rings. The van der Waals surface area contributed by atoms with E-state index in [1.165, 1.54) is 12.1 Å². The Morgan fingerprint density at radius 3 is 2.47 bits per heavy atom. The molecule has 2 N–H and O–H groups in total. The van der Waals surface area contributed by atoms with Gasteiger partial charge in [-0.15, -0.1) is 13.2 Å². The number of benzene rings is 1. The normalized spacial score (nSPS) is 15.4. The Bertz CT molecular complexity index is 365. The van der Waals surface area contributed by atoms with Crippen molar-refractivity contribution in [2.75, 3.05) is 6.54 Å². The predicted molar refractivity (Wildman–Crippen MR) is 59.8 cm³/mol. The molecule has 2 atom stereocenters. The molecule has 0 aromatic heterocycles. The van der Waals surface area contributed by atoms with Gasteiger partial charge in [0.15, 0.2) is 0 Å². The van der Waals surface area contributed by atoms with Gasteiger partial charge in [0, 0.05) is 0 Å². The minimum atomic E-state index is -4.65. The van der Waals surface area contributed by atoms with Gasteiger partial charge in [-0.2, -0.15) is 0 Å². The third-order valence-electron chi connectivity index (χ3n) is 2.84. The number of alkyl halides is 3. The second-order valence-electron chi connectivity index (χ2n) is 4.12. The summed E-state index contributed by atoms with van der Waals surface area (Å²) in [5.41, 5.74) is 6.33. The fourth-order valence-corrected chi connectivity index (χ4v) is 1.53. The van der Waals surface area contributed by atoms with Crippen molar-refractivity contribution >= 4 is 0 Å². The van der Waals surface area contributed by atoms with Crippen molar-refractivity contribution in [1.82, 2.24) is 0 Å². The van der Waals surface area contributed by atoms with Crippen molar-refractivity contribution in [3.63, 3.8) is 0 Å². The fraction of sp³-hybridized carbons (Fsp3) is 0.500. The average Bonchev–Trinajstić information content (AvgIpc) is 2.25. The number of ether oxygens (including phenoxy) is 1. The lowest BCUT2D eigenvalue weighted by atomic mass is 9.89. The highest BCUT2D eigenvalue weighted by molar-refractivity contribution is 5.31. The van der Waals surface area contributed by atoms with Crippen LogP contribution in [0.3, 0.4) is 0 Å². The smallest absolute Gasteiger partial charge is 0.406 e. The van der Waals surface area contributed by atoms with Crippen LogP contribution in [0.1, 0.15) is 25.3 Å². The molecule has 5 heteroatoms. The third kappa shape index (κ3) is 4.26. The van der Waals surface area contributed by atoms with Gasteiger partial charge in [-0.1, -0.05) is 26.0 Å². The molecule has 0 fully saturated rings. The summed E-state index contributed by atoms with van der Waals surface area (Å²) in [6.45, 7) is 4.39. The summed E-state index contributed by atoms with van der Waals surface area (Å²) in [6, 6.07) is 6.03. The summed E-state index contributed by atoms with van der Waals surface area (Å²) in [4.78, 5) is 0. The first-order valence-corrected chi connectivity index (χ1v) is 5.39. The molecule has 2 unspecified atom stereocenters. The summed E-state index contributed by atoms with van der Waals surface area (Å²) in [5.74, 6) is 0.110. The monoisotopic (exact) mass is 247 g/mol. The van der Waals surface area contributed by atoms with Gasteiger partial charge in [0.05, 0.1) is 0 Å². The van der Waals surface area contributed by atoms with Crippen LogP contribution < -0.4 is 10.5 Å². The molecule has 0 radical (unpaired) electrons. The SMILES string of the molecule is CC(CN)C(C)c1cccc(OC(F)(F)F)c1. The lowest BCUT2D eigenvalue weighted by Gasteiger charge is -2.19. The lowest BCUT2D eigenvalue weighted by molar-refractivity contribution is -0.274. The molecule has 96 valence electrons. The minimum absolute atomic E-state index is 0.0942. The molecule has 0 bridgehead atoms. The van der Waals surface area contributed by atoms with Crippen molar-refractivity contribution in [2.24, 2.45) is 11.7 Å². The van der Waals surface area contributed by atoms with Gasteiger partial charge in [-0.05, 0) is 36.1 Å². The maximum Gasteiger partial charge on any atom is 0.573 e. The van der Waals surface area contributed by atoms with E-state index in [1.807, 2.05) is 13.8 Å². The second kappa shape index (κ2) is 5.40. The van der Waals surface area contributed by atoms with Crippen LogP contribution in [0.5, 0.6) is 5.75 Å². The van der Waals surface area contributed by atoms with Gasteiger partial charge in [0.1, 0.15) is 5.75 Å². The molecule has 0 amide bonds. The van der Waals surface area contributed by atoms with Crippen LogP contribution in [0.25, 0.3) is 0 Å². The minimum Gasteiger partial charge on any atom is -0.406 e. The van der Waals surface area contributed by atoms with E-state index >= 15 is 0 Å². The Balaban J connectivity index is 2.86. The summed E-state index contributed by atoms with van der Waals surface area (Å²) in [5, 5.41) is 0. The third-order valence-corrected chi connectivity index (χ3v) is 2.84. The fourth-order valence-electron chi connectivity index (χ4n) is 1.53. The number of hydrogen-bond acceptors (Lipinski definition) is 2. The van der Waals surface area contributed by atoms with Crippen LogP contribution in [-0.4, -0.2) is 12.9 Å². The van der Waals surface area contributed by atoms with Crippen LogP contribution in [0.4, 0.5) is 13.2 Å². The highest BCUT2D eigenvalue weighted by atomic mass is 19.4. The molecule has 0 heterocycles. The van der Waals surface area contributed by atoms with Crippen LogP contribution in [0.15, 0.2) is 24.3 Å². The Hall–Kier alpha value is -1.23. The molecule has 17 heavy (non-hydrogen) atoms. The topological polar surface area (TPSA) is 35.2 Å². The standard InChI is InChI=1S/C12H16F3NO/c1-8(7-16)9(2)10-4-3-5-11(6-10)17-12(13,14)15/h3-6,8-9H,7,16H2,1-2H3. The number of rotatable bonds is 4. The molecule has 0 aliphatic carbocycles. The number of nitrogens with two attached hydrogens (primary N) is 1. The molecule has 0 spiro atoms. The first kappa shape index (κ1) is 13.8. The molecule has 1 rings (SSSR count). The van der Waals surface area contributed by atoms with Crippen LogP contribution >= 0.6 is 0 Å². The van der Waals surface area contributed by atoms with Crippen LogP contribution in [-0.2, 0) is 0 Å². The maximum atomic E-state index is 12.1. The van der Waals surface area contributed by atoms with Crippen LogP contribution in [0, 0.1) is 5.92 Å². The van der Waals surface area contributed by atoms with Crippen molar-refractivity contribution in [3.8, 4) is 5.75 Å². The van der Waals surface area contributed by atoms with E-state index in [4.69, 9.17) is 5.73 Å². The number of halogens is 3. The Morgan fingerprint density at radius 2 is 1.94 bits per heavy atom. The van der Waals surface area contributed by atoms with Gasteiger partial charge in [-0.25, -0.2) is 0 Å². The van der Waals surface area contributed by atoms with E-state index in [9.17, 15) is 13.2 Å². The van der Waals surface area contributed by atoms with Crippen molar-refractivity contribution in [2.45, 2.75) is 26.1 Å². The quantitative estimate of drug-likeness (QED) is 0.886. The van der Waals surface area contributed by atoms with Gasteiger partial charge in [0.25, 0.3) is 0 Å². The second-order valence-corrected chi connectivity index (χ2v) is 4.12. The predicted octanol–water partition coefficient (Wildman–Crippen LogP) is 3.28. The molecule has 1 aromatic carbocycles. The average molecular weight is 247 g/mol. The lowest BCUT2D eigenvalue weighted by Crippen LogP contribution is -2.18. The van der Waals surface area contributed by atoms with Crippen LogP contribution in [0.2, 0.25) is 0 Å². The van der Waals surface area contributed by atoms with E-state index in [-0.39, 0.29) is 17.6 Å². The molecule has 0 saturated carbocycles. The van der Waals surface area contributed by atoms with Crippen molar-refractivity contribution < 1.29 is 17.9 Å². The molecular weight excluding hydrogens is 231 g/mol. The first-order valence-electron chi connectivity index (χ1n) is 5.39. The van der Waals surface area contributed by atoms with Gasteiger partial charge < -0.3 is 10.5 Å². The zero-order valence-electron chi connectivity index (χ0n) is 9.79. The Kier molecular flexibility index (Phi) is 4.40. The largest absolute Gasteiger partial charge is 0.573 e. The summed E-state index contributed by atoms with van der Waals surface area (Å²) < 4.78 is 40.0. The maximum absolute atomic E-state index is 12.1. The van der Waals surface area contributed by atoms with Crippen molar-refractivity contribution in [3.05, 3.63) is 29.8 Å². The summed E-state index contributed by atoms with van der Waals surface area (Å²) in [6.07, 6.45) is -4.65. The van der Waals surface area contributed by atoms with E-state index in [0.717, 1.165) is 5.56 Å². The Morgan fingerprint density at radius 1 is 1.29 bits per heavy atom. The zero-order valence-corrected chi connectivity index (χ0v) is 9.79. The van der Waals surface area contributed by atoms with E-state index in [1.54, 1.807) is 12.1 Å². The first-order chi connectivity index (χ1) is 7.83. The highest BCUT2D eigenvalue weighted by Gasteiger charge is 2.31. The van der Waals surface area contributed by atoms with Crippen molar-refractivity contribution in [1.29, 1.82) is 0 Å². The molecular formula is C12H16F3NO. The van der Waals surface area contributed by atoms with Gasteiger partial charge in [-0.3, -0.25) is 0 Å². The number of hydrogen-bond donors (Lipinski definition) is 1. The highest BCUT2D eigenvalue weighted by Crippen LogP contribution is 2.29. The molecule has 0 aliphatic rings. The van der Waals surface area contributed by atoms with Gasteiger partial charge >= 0.3 is 6.36 Å². The Labute approximate surface area is 98.6 Å². The molecule has 0 aliphatic heterocycles. The van der Waals surface area contributed by atoms with E-state index < -0.39 is 6.36 Å². The molecule has 2 nitrogen and oxygen atoms in total. The summed E-state index contributed by atoms with van der Waals surface area (Å²) in [7, 11) is 0. The van der Waals surface area contributed by atoms with E-state index in [0.29, 0.717) is 6.54 Å². The molecule has 0 saturated heterocycles.